The van der Waals surface area contributed by atoms with Gasteiger partial charge in [0.15, 0.2) is 5.78 Å². The number of anilines is 1. The highest BCUT2D eigenvalue weighted by Gasteiger charge is 2.11. The van der Waals surface area contributed by atoms with E-state index in [9.17, 15) is 9.59 Å². The molecule has 3 rings (SSSR count). The second-order valence-corrected chi connectivity index (χ2v) is 7.46. The van der Waals surface area contributed by atoms with Crippen molar-refractivity contribution in [1.29, 1.82) is 0 Å². The lowest BCUT2D eigenvalue weighted by Gasteiger charge is -2.08. The average molecular weight is 416 g/mol. The third kappa shape index (κ3) is 5.43. The third-order valence-corrected chi connectivity index (χ3v) is 5.01. The van der Waals surface area contributed by atoms with E-state index in [0.717, 1.165) is 5.56 Å². The maximum atomic E-state index is 12.1. The maximum absolute atomic E-state index is 12.1. The normalized spacial score (nSPS) is 10.6. The molecule has 0 aliphatic carbocycles. The Balaban J connectivity index is 1.45. The maximum Gasteiger partial charge on any atom is 0.276 e. The molecule has 28 heavy (non-hydrogen) atoms. The SMILES string of the molecule is CC(=O)c1ccccc1NC(=O)CCCSc1nnc(-c2ccc(Cl)cc2)o1. The van der Waals surface area contributed by atoms with Crippen LogP contribution in [0.4, 0.5) is 5.69 Å². The van der Waals surface area contributed by atoms with Crippen LogP contribution in [0.5, 0.6) is 0 Å². The van der Waals surface area contributed by atoms with E-state index in [1.807, 2.05) is 12.1 Å². The Kier molecular flexibility index (Phi) is 6.84. The fourth-order valence-electron chi connectivity index (χ4n) is 2.48. The number of aromatic nitrogens is 2. The molecule has 0 atom stereocenters. The van der Waals surface area contributed by atoms with Crippen LogP contribution in [-0.4, -0.2) is 27.6 Å². The van der Waals surface area contributed by atoms with E-state index in [0.29, 0.717) is 46.0 Å². The number of amides is 1. The first-order chi connectivity index (χ1) is 13.5. The molecule has 0 radical (unpaired) electrons. The number of nitrogens with zero attached hydrogens (tertiary/aromatic N) is 2. The molecule has 1 heterocycles. The Morgan fingerprint density at radius 3 is 2.61 bits per heavy atom. The smallest absolute Gasteiger partial charge is 0.276 e. The van der Waals surface area contributed by atoms with Crippen LogP contribution >= 0.6 is 23.4 Å². The molecule has 0 saturated carbocycles. The summed E-state index contributed by atoms with van der Waals surface area (Å²) in [5.74, 6) is 0.864. The molecule has 1 aromatic heterocycles. The highest BCUT2D eigenvalue weighted by Crippen LogP contribution is 2.25. The predicted octanol–water partition coefficient (Wildman–Crippen LogP) is 5.10. The first-order valence-corrected chi connectivity index (χ1v) is 10.0. The quantitative estimate of drug-likeness (QED) is 0.313. The molecule has 0 unspecified atom stereocenters. The van der Waals surface area contributed by atoms with Crippen molar-refractivity contribution >= 4 is 40.7 Å². The van der Waals surface area contributed by atoms with Crippen molar-refractivity contribution in [3.05, 3.63) is 59.1 Å². The summed E-state index contributed by atoms with van der Waals surface area (Å²) < 4.78 is 5.61. The summed E-state index contributed by atoms with van der Waals surface area (Å²) in [6.07, 6.45) is 0.967. The Bertz CT molecular complexity index is 973. The van der Waals surface area contributed by atoms with Gasteiger partial charge in [-0.1, -0.05) is 35.5 Å². The molecule has 0 saturated heterocycles. The highest BCUT2D eigenvalue weighted by atomic mass is 35.5. The highest BCUT2D eigenvalue weighted by molar-refractivity contribution is 7.99. The number of hydrogen-bond donors (Lipinski definition) is 1. The third-order valence-electron chi connectivity index (χ3n) is 3.85. The van der Waals surface area contributed by atoms with Gasteiger partial charge in [-0.25, -0.2) is 0 Å². The number of halogens is 1. The van der Waals surface area contributed by atoms with Crippen LogP contribution in [0, 0.1) is 0 Å². The predicted molar refractivity (Wildman–Crippen MR) is 110 cm³/mol. The van der Waals surface area contributed by atoms with Crippen LogP contribution < -0.4 is 5.32 Å². The van der Waals surface area contributed by atoms with E-state index in [-0.39, 0.29) is 11.7 Å². The lowest BCUT2D eigenvalue weighted by molar-refractivity contribution is -0.116. The Labute approximate surface area is 171 Å². The van der Waals surface area contributed by atoms with Crippen molar-refractivity contribution in [1.82, 2.24) is 10.2 Å². The summed E-state index contributed by atoms with van der Waals surface area (Å²) >= 11 is 7.26. The fourth-order valence-corrected chi connectivity index (χ4v) is 3.31. The number of carbonyl (C=O) groups is 2. The van der Waals surface area contributed by atoms with Gasteiger partial charge in [0.2, 0.25) is 11.8 Å². The average Bonchev–Trinajstić information content (AvgIpc) is 3.15. The van der Waals surface area contributed by atoms with Crippen molar-refractivity contribution in [2.75, 3.05) is 11.1 Å². The molecule has 0 bridgehead atoms. The number of ketones is 1. The summed E-state index contributed by atoms with van der Waals surface area (Å²) in [6.45, 7) is 1.48. The van der Waals surface area contributed by atoms with E-state index in [1.54, 1.807) is 36.4 Å². The minimum absolute atomic E-state index is 0.0839. The van der Waals surface area contributed by atoms with Crippen LogP contribution in [0.15, 0.2) is 58.2 Å². The first kappa shape index (κ1) is 20.1. The van der Waals surface area contributed by atoms with Crippen LogP contribution in [0.3, 0.4) is 0 Å². The van der Waals surface area contributed by atoms with Crippen LogP contribution in [0.2, 0.25) is 5.02 Å². The summed E-state index contributed by atoms with van der Waals surface area (Å²) in [4.78, 5) is 23.7. The summed E-state index contributed by atoms with van der Waals surface area (Å²) in [5.41, 5.74) is 1.84. The van der Waals surface area contributed by atoms with Gasteiger partial charge in [-0.05, 0) is 49.7 Å². The molecule has 144 valence electrons. The van der Waals surface area contributed by atoms with Gasteiger partial charge in [0.25, 0.3) is 5.22 Å². The minimum atomic E-state index is -0.137. The van der Waals surface area contributed by atoms with Crippen LogP contribution in [-0.2, 0) is 4.79 Å². The Morgan fingerprint density at radius 1 is 1.11 bits per heavy atom. The van der Waals surface area contributed by atoms with E-state index < -0.39 is 0 Å². The van der Waals surface area contributed by atoms with Gasteiger partial charge in [-0.3, -0.25) is 9.59 Å². The van der Waals surface area contributed by atoms with Gasteiger partial charge < -0.3 is 9.73 Å². The van der Waals surface area contributed by atoms with Crippen molar-refractivity contribution in [2.24, 2.45) is 0 Å². The van der Waals surface area contributed by atoms with Gasteiger partial charge in [0.1, 0.15) is 0 Å². The van der Waals surface area contributed by atoms with Crippen LogP contribution in [0.1, 0.15) is 30.1 Å². The van der Waals surface area contributed by atoms with Crippen LogP contribution in [0.25, 0.3) is 11.5 Å². The standard InChI is InChI=1S/C20H18ClN3O3S/c1-13(25)16-5-2-3-6-17(16)22-18(26)7-4-12-28-20-24-23-19(27-20)14-8-10-15(21)11-9-14/h2-3,5-6,8-11H,4,7,12H2,1H3,(H,22,26). The zero-order valence-corrected chi connectivity index (χ0v) is 16.7. The topological polar surface area (TPSA) is 85.1 Å². The molecule has 0 spiro atoms. The molecule has 3 aromatic rings. The largest absolute Gasteiger partial charge is 0.411 e. The summed E-state index contributed by atoms with van der Waals surface area (Å²) in [5, 5.41) is 11.9. The number of hydrogen-bond acceptors (Lipinski definition) is 6. The van der Waals surface area contributed by atoms with Crippen molar-refractivity contribution in [3.63, 3.8) is 0 Å². The number of nitrogens with one attached hydrogen (secondary N) is 1. The monoisotopic (exact) mass is 415 g/mol. The molecule has 1 N–H and O–H groups in total. The number of thioether (sulfide) groups is 1. The lowest BCUT2D eigenvalue weighted by Crippen LogP contribution is -2.13. The summed E-state index contributed by atoms with van der Waals surface area (Å²) in [7, 11) is 0. The van der Waals surface area contributed by atoms with Gasteiger partial charge in [0, 0.05) is 28.3 Å². The lowest BCUT2D eigenvalue weighted by atomic mass is 10.1. The van der Waals surface area contributed by atoms with Gasteiger partial charge in [-0.2, -0.15) is 0 Å². The van der Waals surface area contributed by atoms with E-state index >= 15 is 0 Å². The van der Waals surface area contributed by atoms with Crippen molar-refractivity contribution in [3.8, 4) is 11.5 Å². The van der Waals surface area contributed by atoms with Gasteiger partial charge >= 0.3 is 0 Å². The molecular weight excluding hydrogens is 398 g/mol. The van der Waals surface area contributed by atoms with E-state index in [1.165, 1.54) is 18.7 Å². The minimum Gasteiger partial charge on any atom is -0.411 e. The number of rotatable bonds is 8. The number of carbonyl (C=O) groups excluding carboxylic acids is 2. The second-order valence-electron chi connectivity index (χ2n) is 5.98. The number of para-hydroxylation sites is 1. The molecule has 2 aromatic carbocycles. The fraction of sp³-hybridized carbons (Fsp3) is 0.200. The Hall–Kier alpha value is -2.64. The molecule has 6 nitrogen and oxygen atoms in total. The van der Waals surface area contributed by atoms with Gasteiger partial charge in [-0.15, -0.1) is 10.2 Å². The zero-order valence-electron chi connectivity index (χ0n) is 15.1. The molecule has 0 fully saturated rings. The molecule has 0 aliphatic rings. The van der Waals surface area contributed by atoms with E-state index in [2.05, 4.69) is 15.5 Å². The number of Topliss-reactive ketones (excluding diaryl/α,β-unsaturated/α-hetero) is 1. The number of benzene rings is 2. The molecule has 0 aliphatic heterocycles. The molecular formula is C20H18ClN3O3S. The van der Waals surface area contributed by atoms with Crippen molar-refractivity contribution < 1.29 is 14.0 Å². The molecule has 1 amide bonds. The molecule has 8 heteroatoms. The van der Waals surface area contributed by atoms with Crippen molar-refractivity contribution in [2.45, 2.75) is 25.0 Å². The Morgan fingerprint density at radius 2 is 1.86 bits per heavy atom. The summed E-state index contributed by atoms with van der Waals surface area (Å²) in [6, 6.07) is 14.1. The van der Waals surface area contributed by atoms with Gasteiger partial charge in [0.05, 0.1) is 5.69 Å². The first-order valence-electron chi connectivity index (χ1n) is 8.65. The zero-order chi connectivity index (χ0) is 19.9. The van der Waals surface area contributed by atoms with E-state index in [4.69, 9.17) is 16.0 Å². The second kappa shape index (κ2) is 9.52.